The van der Waals surface area contributed by atoms with Gasteiger partial charge in [0, 0.05) is 12.6 Å². The van der Waals surface area contributed by atoms with E-state index < -0.39 is 17.9 Å². The van der Waals surface area contributed by atoms with Gasteiger partial charge in [0.05, 0.1) is 27.4 Å². The van der Waals surface area contributed by atoms with E-state index >= 15 is 0 Å². The molecule has 142 valence electrons. The number of carboxylic acids is 1. The summed E-state index contributed by atoms with van der Waals surface area (Å²) in [5.74, 6) is -0.971. The van der Waals surface area contributed by atoms with Crippen LogP contribution in [0.15, 0.2) is 36.4 Å². The van der Waals surface area contributed by atoms with E-state index in [9.17, 15) is 14.7 Å². The molecule has 3 rings (SSSR count). The van der Waals surface area contributed by atoms with Gasteiger partial charge < -0.3 is 24.2 Å². The van der Waals surface area contributed by atoms with Gasteiger partial charge in [-0.25, -0.2) is 0 Å². The fraction of sp³-hybridized carbons (Fsp3) is 0.300. The highest BCUT2D eigenvalue weighted by Crippen LogP contribution is 2.46. The van der Waals surface area contributed by atoms with Gasteiger partial charge in [-0.2, -0.15) is 0 Å². The molecule has 27 heavy (non-hydrogen) atoms. The van der Waals surface area contributed by atoms with Crippen molar-refractivity contribution in [1.29, 1.82) is 0 Å². The number of likely N-dealkylation sites (N-methyl/N-ethyl adjacent to an activating group) is 1. The summed E-state index contributed by atoms with van der Waals surface area (Å²) in [5, 5.41) is 9.95. The van der Waals surface area contributed by atoms with E-state index in [1.54, 1.807) is 43.4 Å². The first-order chi connectivity index (χ1) is 12.9. The molecule has 0 bridgehead atoms. The number of rotatable bonds is 5. The normalized spacial score (nSPS) is 18.7. The fourth-order valence-electron chi connectivity index (χ4n) is 3.63. The lowest BCUT2D eigenvalue weighted by molar-refractivity contribution is -0.140. The van der Waals surface area contributed by atoms with E-state index in [2.05, 4.69) is 0 Å². The molecule has 2 aromatic carbocycles. The highest BCUT2D eigenvalue weighted by Gasteiger charge is 2.43. The molecule has 7 heteroatoms. The highest BCUT2D eigenvalue weighted by atomic mass is 16.5. The molecule has 0 aliphatic carbocycles. The van der Waals surface area contributed by atoms with Crippen molar-refractivity contribution >= 4 is 11.9 Å². The summed E-state index contributed by atoms with van der Waals surface area (Å²) in [6.45, 7) is 0. The van der Waals surface area contributed by atoms with Gasteiger partial charge in [-0.15, -0.1) is 0 Å². The molecule has 0 spiro atoms. The van der Waals surface area contributed by atoms with Crippen molar-refractivity contribution in [2.45, 2.75) is 12.0 Å². The third-order valence-electron chi connectivity index (χ3n) is 4.87. The number of amides is 1. The SMILES string of the molecule is COc1cc([C@H]2[C@H](C(=O)O)c3ccccc3C(=O)N2C)cc(OC)c1OC. The maximum atomic E-state index is 12.8. The van der Waals surface area contributed by atoms with Crippen LogP contribution in [-0.2, 0) is 4.79 Å². The summed E-state index contributed by atoms with van der Waals surface area (Å²) in [6.07, 6.45) is 0. The molecule has 0 aromatic heterocycles. The minimum atomic E-state index is -1.01. The van der Waals surface area contributed by atoms with E-state index in [0.29, 0.717) is 33.9 Å². The maximum Gasteiger partial charge on any atom is 0.313 e. The van der Waals surface area contributed by atoms with Gasteiger partial charge in [0.15, 0.2) is 11.5 Å². The Balaban J connectivity index is 2.23. The van der Waals surface area contributed by atoms with E-state index in [0.717, 1.165) is 0 Å². The van der Waals surface area contributed by atoms with Gasteiger partial charge in [-0.05, 0) is 29.3 Å². The van der Waals surface area contributed by atoms with Gasteiger partial charge >= 0.3 is 5.97 Å². The fourth-order valence-corrected chi connectivity index (χ4v) is 3.63. The van der Waals surface area contributed by atoms with Crippen LogP contribution in [0.3, 0.4) is 0 Å². The minimum Gasteiger partial charge on any atom is -0.493 e. The van der Waals surface area contributed by atoms with Crippen molar-refractivity contribution in [3.63, 3.8) is 0 Å². The van der Waals surface area contributed by atoms with E-state index in [4.69, 9.17) is 14.2 Å². The number of ether oxygens (including phenoxy) is 3. The first-order valence-electron chi connectivity index (χ1n) is 8.33. The van der Waals surface area contributed by atoms with Gasteiger partial charge in [-0.1, -0.05) is 18.2 Å². The molecule has 1 aliphatic heterocycles. The summed E-state index contributed by atoms with van der Waals surface area (Å²) < 4.78 is 16.1. The van der Waals surface area contributed by atoms with Crippen molar-refractivity contribution in [2.24, 2.45) is 0 Å². The lowest BCUT2D eigenvalue weighted by atomic mass is 9.80. The Labute approximate surface area is 157 Å². The van der Waals surface area contributed by atoms with Crippen molar-refractivity contribution < 1.29 is 28.9 Å². The van der Waals surface area contributed by atoms with Crippen LogP contribution >= 0.6 is 0 Å². The predicted octanol–water partition coefficient (Wildman–Crippen LogP) is 2.71. The molecule has 0 radical (unpaired) electrons. The standard InChI is InChI=1S/C20H21NO6/c1-21-17(11-9-14(25-2)18(27-4)15(10-11)26-3)16(20(23)24)12-7-5-6-8-13(12)19(21)22/h5-10,16-17H,1-4H3,(H,23,24)/t16-,17+/m1/s1. The molecule has 1 amide bonds. The average Bonchev–Trinajstić information content (AvgIpc) is 2.68. The monoisotopic (exact) mass is 371 g/mol. The summed E-state index contributed by atoms with van der Waals surface area (Å²) in [6, 6.07) is 9.43. The van der Waals surface area contributed by atoms with Crippen LogP contribution in [0.5, 0.6) is 17.2 Å². The topological polar surface area (TPSA) is 85.3 Å². The molecule has 7 nitrogen and oxygen atoms in total. The number of hydrogen-bond donors (Lipinski definition) is 1. The second-order valence-electron chi connectivity index (χ2n) is 6.22. The summed E-state index contributed by atoms with van der Waals surface area (Å²) >= 11 is 0. The predicted molar refractivity (Wildman–Crippen MR) is 97.8 cm³/mol. The minimum absolute atomic E-state index is 0.234. The first kappa shape index (κ1) is 18.6. The lowest BCUT2D eigenvalue weighted by Gasteiger charge is -2.38. The number of benzene rings is 2. The second kappa shape index (κ2) is 7.19. The molecular weight excluding hydrogens is 350 g/mol. The van der Waals surface area contributed by atoms with Crippen LogP contribution in [0.25, 0.3) is 0 Å². The van der Waals surface area contributed by atoms with Gasteiger partial charge in [0.1, 0.15) is 5.92 Å². The van der Waals surface area contributed by atoms with Crippen molar-refractivity contribution in [3.8, 4) is 17.2 Å². The summed E-state index contributed by atoms with van der Waals surface area (Å²) in [4.78, 5) is 26.5. The zero-order valence-electron chi connectivity index (χ0n) is 15.6. The molecule has 2 aromatic rings. The Bertz CT molecular complexity index is 869. The second-order valence-corrected chi connectivity index (χ2v) is 6.22. The highest BCUT2D eigenvalue weighted by molar-refractivity contribution is 6.00. The van der Waals surface area contributed by atoms with Gasteiger partial charge in [0.2, 0.25) is 5.75 Å². The van der Waals surface area contributed by atoms with E-state index in [1.165, 1.54) is 26.2 Å². The number of fused-ring (bicyclic) bond motifs is 1. The number of carbonyl (C=O) groups is 2. The van der Waals surface area contributed by atoms with E-state index in [-0.39, 0.29) is 5.91 Å². The Morgan fingerprint density at radius 3 is 2.15 bits per heavy atom. The molecule has 1 aliphatic rings. The molecular formula is C20H21NO6. The van der Waals surface area contributed by atoms with Gasteiger partial charge in [-0.3, -0.25) is 9.59 Å². The molecule has 0 saturated heterocycles. The third kappa shape index (κ3) is 2.95. The summed E-state index contributed by atoms with van der Waals surface area (Å²) in [5.41, 5.74) is 1.48. The van der Waals surface area contributed by atoms with Crippen LogP contribution in [-0.4, -0.2) is 50.3 Å². The van der Waals surface area contributed by atoms with Crippen LogP contribution in [0.2, 0.25) is 0 Å². The number of aliphatic carboxylic acids is 1. The summed E-state index contributed by atoms with van der Waals surface area (Å²) in [7, 11) is 6.07. The van der Waals surface area contributed by atoms with Crippen LogP contribution in [0.4, 0.5) is 0 Å². The van der Waals surface area contributed by atoms with Crippen molar-refractivity contribution in [3.05, 3.63) is 53.1 Å². The maximum absolute atomic E-state index is 12.8. The number of carbonyl (C=O) groups excluding carboxylic acids is 1. The Morgan fingerprint density at radius 1 is 1.04 bits per heavy atom. The molecule has 0 unspecified atom stereocenters. The molecule has 1 heterocycles. The lowest BCUT2D eigenvalue weighted by Crippen LogP contribution is -2.42. The average molecular weight is 371 g/mol. The van der Waals surface area contributed by atoms with Crippen LogP contribution < -0.4 is 14.2 Å². The first-order valence-corrected chi connectivity index (χ1v) is 8.33. The van der Waals surface area contributed by atoms with Crippen LogP contribution in [0, 0.1) is 0 Å². The largest absolute Gasteiger partial charge is 0.493 e. The smallest absolute Gasteiger partial charge is 0.313 e. The number of carboxylic acid groups (broad SMARTS) is 1. The third-order valence-corrected chi connectivity index (χ3v) is 4.87. The Kier molecular flexibility index (Phi) is 4.94. The molecule has 0 fully saturated rings. The van der Waals surface area contributed by atoms with Crippen LogP contribution in [0.1, 0.15) is 33.4 Å². The van der Waals surface area contributed by atoms with Crippen molar-refractivity contribution in [1.82, 2.24) is 4.90 Å². The number of methoxy groups -OCH3 is 3. The molecule has 0 saturated carbocycles. The van der Waals surface area contributed by atoms with Crippen molar-refractivity contribution in [2.75, 3.05) is 28.4 Å². The number of nitrogens with zero attached hydrogens (tertiary/aromatic N) is 1. The zero-order chi connectivity index (χ0) is 19.7. The van der Waals surface area contributed by atoms with Gasteiger partial charge in [0.25, 0.3) is 5.91 Å². The van der Waals surface area contributed by atoms with E-state index in [1.807, 2.05) is 0 Å². The Morgan fingerprint density at radius 2 is 1.63 bits per heavy atom. The zero-order valence-corrected chi connectivity index (χ0v) is 15.6. The Hall–Kier alpha value is -3.22. The molecule has 1 N–H and O–H groups in total. The number of hydrogen-bond acceptors (Lipinski definition) is 5. The molecule has 2 atom stereocenters. The quantitative estimate of drug-likeness (QED) is 0.870.